The number of aromatic nitrogens is 1. The Morgan fingerprint density at radius 1 is 0.512 bits per heavy atom. The van der Waals surface area contributed by atoms with E-state index in [0.717, 1.165) is 82.5 Å². The maximum atomic E-state index is 9.92. The molecule has 6 aromatic carbocycles. The normalized spacial score (nSPS) is 11.7. The second-order valence-corrected chi connectivity index (χ2v) is 10.8. The maximum Gasteiger partial charge on any atom is 0.160 e. The fraction of sp³-hybridized carbons (Fsp3) is 0. The first-order valence-electron chi connectivity index (χ1n) is 14.0. The third-order valence-corrected chi connectivity index (χ3v) is 8.46. The minimum absolute atomic E-state index is 0.567. The average molecular weight is 550 g/mol. The highest BCUT2D eigenvalue weighted by atomic mass is 16.3. The SMILES string of the molecule is N#Cc1ccc(-n2c3ccccc3c3ccc4c5ccccc5oc4c32)c(-c2ccc3oc4ccc(C#N)cc4c3c2)c1. The summed E-state index contributed by atoms with van der Waals surface area (Å²) < 4.78 is 14.9. The smallest absolute Gasteiger partial charge is 0.160 e. The van der Waals surface area contributed by atoms with E-state index in [2.05, 4.69) is 59.2 Å². The summed E-state index contributed by atoms with van der Waals surface area (Å²) in [7, 11) is 0. The van der Waals surface area contributed by atoms with Crippen LogP contribution in [-0.2, 0) is 0 Å². The Kier molecular flexibility index (Phi) is 4.68. The van der Waals surface area contributed by atoms with E-state index in [0.29, 0.717) is 11.1 Å². The summed E-state index contributed by atoms with van der Waals surface area (Å²) in [6, 6.07) is 42.8. The van der Waals surface area contributed by atoms with Crippen LogP contribution in [0, 0.1) is 22.7 Å². The lowest BCUT2D eigenvalue weighted by molar-refractivity contribution is 0.669. The Balaban J connectivity index is 1.41. The van der Waals surface area contributed by atoms with E-state index in [9.17, 15) is 10.5 Å². The van der Waals surface area contributed by atoms with E-state index in [-0.39, 0.29) is 0 Å². The lowest BCUT2D eigenvalue weighted by Crippen LogP contribution is -1.98. The van der Waals surface area contributed by atoms with Gasteiger partial charge in [-0.2, -0.15) is 10.5 Å². The molecule has 9 rings (SSSR count). The van der Waals surface area contributed by atoms with Gasteiger partial charge in [-0.25, -0.2) is 0 Å². The predicted molar refractivity (Wildman–Crippen MR) is 170 cm³/mol. The van der Waals surface area contributed by atoms with Crippen molar-refractivity contribution in [1.82, 2.24) is 4.57 Å². The molecule has 3 heterocycles. The molecule has 0 aliphatic heterocycles. The van der Waals surface area contributed by atoms with Gasteiger partial charge in [-0.05, 0) is 72.3 Å². The quantitative estimate of drug-likeness (QED) is 0.215. The van der Waals surface area contributed by atoms with Gasteiger partial charge in [-0.15, -0.1) is 0 Å². The Morgan fingerprint density at radius 3 is 2.05 bits per heavy atom. The third-order valence-electron chi connectivity index (χ3n) is 8.46. The van der Waals surface area contributed by atoms with Crippen LogP contribution >= 0.6 is 0 Å². The van der Waals surface area contributed by atoms with Crippen LogP contribution in [0.3, 0.4) is 0 Å². The number of rotatable bonds is 2. The minimum atomic E-state index is 0.567. The van der Waals surface area contributed by atoms with Crippen molar-refractivity contribution in [3.05, 3.63) is 126 Å². The number of nitriles is 2. The molecule has 0 radical (unpaired) electrons. The monoisotopic (exact) mass is 549 g/mol. The number of furan rings is 2. The van der Waals surface area contributed by atoms with Crippen LogP contribution in [-0.4, -0.2) is 4.57 Å². The van der Waals surface area contributed by atoms with Crippen molar-refractivity contribution in [2.45, 2.75) is 0 Å². The largest absolute Gasteiger partial charge is 0.456 e. The molecule has 43 heavy (non-hydrogen) atoms. The van der Waals surface area contributed by atoms with Gasteiger partial charge in [0.05, 0.1) is 40.0 Å². The van der Waals surface area contributed by atoms with Gasteiger partial charge in [0, 0.05) is 37.9 Å². The van der Waals surface area contributed by atoms with Crippen LogP contribution in [0.4, 0.5) is 0 Å². The summed E-state index contributed by atoms with van der Waals surface area (Å²) in [5.74, 6) is 0. The fourth-order valence-electron chi connectivity index (χ4n) is 6.53. The molecular formula is C38H19N3O2. The molecule has 0 unspecified atom stereocenters. The molecule has 5 nitrogen and oxygen atoms in total. The van der Waals surface area contributed by atoms with Crippen molar-refractivity contribution >= 4 is 65.7 Å². The maximum absolute atomic E-state index is 9.92. The number of hydrogen-bond donors (Lipinski definition) is 0. The topological polar surface area (TPSA) is 78.8 Å². The van der Waals surface area contributed by atoms with Gasteiger partial charge in [0.15, 0.2) is 5.58 Å². The molecule has 0 aliphatic carbocycles. The summed E-state index contributed by atoms with van der Waals surface area (Å²) in [6.45, 7) is 0. The number of fused-ring (bicyclic) bond motifs is 10. The molecule has 0 fully saturated rings. The molecule has 9 aromatic rings. The summed E-state index contributed by atoms with van der Waals surface area (Å²) in [5.41, 5.74) is 9.09. The summed E-state index contributed by atoms with van der Waals surface area (Å²) in [6.07, 6.45) is 0. The molecule has 0 bridgehead atoms. The standard InChI is InChI=1S/C38H19N3O2/c39-20-22-9-14-33(29(17-22)24-11-16-36-31(19-24)30-18-23(21-40)10-15-35(30)42-36)41-32-7-3-1-5-25(32)27-12-13-28-26-6-2-4-8-34(26)43-38(28)37(27)41/h1-19H. The van der Waals surface area contributed by atoms with Crippen molar-refractivity contribution < 1.29 is 8.83 Å². The second-order valence-electron chi connectivity index (χ2n) is 10.8. The van der Waals surface area contributed by atoms with Crippen molar-refractivity contribution in [1.29, 1.82) is 10.5 Å². The van der Waals surface area contributed by atoms with Gasteiger partial charge < -0.3 is 13.4 Å². The van der Waals surface area contributed by atoms with E-state index in [1.807, 2.05) is 66.7 Å². The average Bonchev–Trinajstić information content (AvgIpc) is 3.73. The van der Waals surface area contributed by atoms with Crippen LogP contribution in [0.1, 0.15) is 11.1 Å². The summed E-state index contributed by atoms with van der Waals surface area (Å²) in [5, 5.41) is 25.6. The van der Waals surface area contributed by atoms with Crippen molar-refractivity contribution in [3.8, 4) is 29.0 Å². The van der Waals surface area contributed by atoms with Gasteiger partial charge >= 0.3 is 0 Å². The number of benzene rings is 6. The van der Waals surface area contributed by atoms with Crippen LogP contribution in [0.15, 0.2) is 124 Å². The minimum Gasteiger partial charge on any atom is -0.456 e. The van der Waals surface area contributed by atoms with Crippen LogP contribution in [0.5, 0.6) is 0 Å². The molecule has 5 heteroatoms. The van der Waals surface area contributed by atoms with E-state index >= 15 is 0 Å². The van der Waals surface area contributed by atoms with E-state index in [1.165, 1.54) is 0 Å². The lowest BCUT2D eigenvalue weighted by Gasteiger charge is -2.15. The molecule has 0 aliphatic rings. The fourth-order valence-corrected chi connectivity index (χ4v) is 6.53. The van der Waals surface area contributed by atoms with Crippen molar-refractivity contribution in [2.24, 2.45) is 0 Å². The Hall–Kier alpha value is -6.30. The molecule has 0 saturated heterocycles. The van der Waals surface area contributed by atoms with E-state index in [1.54, 1.807) is 6.07 Å². The highest BCUT2D eigenvalue weighted by Gasteiger charge is 2.21. The first-order chi connectivity index (χ1) is 21.2. The van der Waals surface area contributed by atoms with Crippen LogP contribution in [0.2, 0.25) is 0 Å². The molecule has 0 atom stereocenters. The Bertz CT molecular complexity index is 2710. The van der Waals surface area contributed by atoms with Crippen LogP contribution in [0.25, 0.3) is 82.5 Å². The first kappa shape index (κ1) is 23.4. The van der Waals surface area contributed by atoms with E-state index in [4.69, 9.17) is 8.83 Å². The van der Waals surface area contributed by atoms with Crippen molar-refractivity contribution in [3.63, 3.8) is 0 Å². The molecule has 0 N–H and O–H groups in total. The predicted octanol–water partition coefficient (Wildman–Crippen LogP) is 9.99. The molecule has 3 aromatic heterocycles. The van der Waals surface area contributed by atoms with Crippen molar-refractivity contribution in [2.75, 3.05) is 0 Å². The number of para-hydroxylation sites is 2. The molecule has 0 saturated carbocycles. The lowest BCUT2D eigenvalue weighted by atomic mass is 9.98. The van der Waals surface area contributed by atoms with Crippen LogP contribution < -0.4 is 0 Å². The third kappa shape index (κ3) is 3.25. The second kappa shape index (κ2) is 8.60. The zero-order valence-corrected chi connectivity index (χ0v) is 22.6. The zero-order chi connectivity index (χ0) is 28.7. The highest BCUT2D eigenvalue weighted by molar-refractivity contribution is 6.21. The molecule has 198 valence electrons. The molecule has 0 spiro atoms. The summed E-state index contributed by atoms with van der Waals surface area (Å²) >= 11 is 0. The first-order valence-corrected chi connectivity index (χ1v) is 14.0. The summed E-state index contributed by atoms with van der Waals surface area (Å²) in [4.78, 5) is 0. The van der Waals surface area contributed by atoms with Gasteiger partial charge in [0.2, 0.25) is 0 Å². The molecular weight excluding hydrogens is 530 g/mol. The number of hydrogen-bond acceptors (Lipinski definition) is 4. The molecule has 0 amide bonds. The Labute approximate surface area is 244 Å². The van der Waals surface area contributed by atoms with E-state index < -0.39 is 0 Å². The highest BCUT2D eigenvalue weighted by Crippen LogP contribution is 2.43. The van der Waals surface area contributed by atoms with Gasteiger partial charge in [-0.1, -0.05) is 48.5 Å². The van der Waals surface area contributed by atoms with Gasteiger partial charge in [0.1, 0.15) is 16.7 Å². The number of nitrogens with zero attached hydrogens (tertiary/aromatic N) is 3. The Morgan fingerprint density at radius 2 is 1.19 bits per heavy atom. The van der Waals surface area contributed by atoms with Gasteiger partial charge in [-0.3, -0.25) is 0 Å². The van der Waals surface area contributed by atoms with Gasteiger partial charge in [0.25, 0.3) is 0 Å². The zero-order valence-electron chi connectivity index (χ0n) is 22.6.